The smallest absolute Gasteiger partial charge is 0.405 e. The zero-order valence-electron chi connectivity index (χ0n) is 14.5. The number of nitrogens with zero attached hydrogens (tertiary/aromatic N) is 3. The van der Waals surface area contributed by atoms with Gasteiger partial charge in [0.15, 0.2) is 5.76 Å². The number of piperazine rings is 1. The van der Waals surface area contributed by atoms with Crippen molar-refractivity contribution in [1.82, 2.24) is 25.7 Å². The molecule has 2 N–H and O–H groups in total. The Bertz CT molecular complexity index is 726. The van der Waals surface area contributed by atoms with Gasteiger partial charge in [0.05, 0.1) is 6.26 Å². The van der Waals surface area contributed by atoms with Gasteiger partial charge in [-0.25, -0.2) is 0 Å². The molecule has 148 valence electrons. The van der Waals surface area contributed by atoms with Gasteiger partial charge in [0.1, 0.15) is 6.04 Å². The second-order valence-electron chi connectivity index (χ2n) is 6.14. The van der Waals surface area contributed by atoms with Gasteiger partial charge in [-0.3, -0.25) is 9.69 Å². The third kappa shape index (κ3) is 5.30. The van der Waals surface area contributed by atoms with Crippen LogP contribution < -0.4 is 10.6 Å². The Hall–Kier alpha value is -2.40. The van der Waals surface area contributed by atoms with E-state index in [2.05, 4.69) is 20.8 Å². The number of carbonyl (C=O) groups is 1. The molecule has 0 bridgehead atoms. The Kier molecular flexibility index (Phi) is 6.11. The van der Waals surface area contributed by atoms with Crippen molar-refractivity contribution in [1.29, 1.82) is 0 Å². The van der Waals surface area contributed by atoms with Gasteiger partial charge in [0.2, 0.25) is 17.6 Å². The van der Waals surface area contributed by atoms with Gasteiger partial charge >= 0.3 is 6.18 Å². The van der Waals surface area contributed by atoms with Crippen LogP contribution in [0.1, 0.15) is 12.3 Å². The van der Waals surface area contributed by atoms with Crippen molar-refractivity contribution < 1.29 is 26.9 Å². The largest absolute Gasteiger partial charge is 0.461 e. The fourth-order valence-electron chi connectivity index (χ4n) is 2.83. The number of alkyl halides is 3. The zero-order chi connectivity index (χ0) is 19.3. The highest BCUT2D eigenvalue weighted by molar-refractivity contribution is 5.76. The van der Waals surface area contributed by atoms with E-state index >= 15 is 0 Å². The van der Waals surface area contributed by atoms with Crippen LogP contribution in [0.25, 0.3) is 11.6 Å². The van der Waals surface area contributed by atoms with Crippen molar-refractivity contribution >= 4 is 5.91 Å². The average molecular weight is 387 g/mol. The van der Waals surface area contributed by atoms with Crippen LogP contribution in [0.2, 0.25) is 0 Å². The number of hydrogen-bond acceptors (Lipinski definition) is 7. The van der Waals surface area contributed by atoms with Crippen LogP contribution in [0.3, 0.4) is 0 Å². The van der Waals surface area contributed by atoms with Gasteiger partial charge in [-0.2, -0.15) is 18.2 Å². The molecular formula is C16H20F3N5O3. The second-order valence-corrected chi connectivity index (χ2v) is 6.14. The monoisotopic (exact) mass is 387 g/mol. The van der Waals surface area contributed by atoms with Crippen LogP contribution in [0, 0.1) is 0 Å². The number of aryl methyl sites for hydroxylation is 1. The number of nitrogens with one attached hydrogen (secondary N) is 2. The molecule has 3 rings (SSSR count). The molecule has 1 atom stereocenters. The Morgan fingerprint density at radius 2 is 2.15 bits per heavy atom. The number of aromatic nitrogens is 2. The van der Waals surface area contributed by atoms with Crippen molar-refractivity contribution in [2.24, 2.45) is 0 Å². The second kappa shape index (κ2) is 8.53. The maximum Gasteiger partial charge on any atom is 0.405 e. The minimum absolute atomic E-state index is 0.0497. The van der Waals surface area contributed by atoms with Gasteiger partial charge in [-0.1, -0.05) is 5.16 Å². The molecule has 1 amide bonds. The normalized spacial score (nSPS) is 17.0. The maximum absolute atomic E-state index is 13.3. The minimum Gasteiger partial charge on any atom is -0.461 e. The van der Waals surface area contributed by atoms with Crippen molar-refractivity contribution in [3.8, 4) is 11.6 Å². The fourth-order valence-corrected chi connectivity index (χ4v) is 2.83. The molecule has 1 fully saturated rings. The van der Waals surface area contributed by atoms with Crippen LogP contribution in [-0.4, -0.2) is 65.9 Å². The summed E-state index contributed by atoms with van der Waals surface area (Å²) in [5, 5.41) is 9.10. The maximum atomic E-state index is 13.3. The summed E-state index contributed by atoms with van der Waals surface area (Å²) in [6.07, 6.45) is -2.86. The van der Waals surface area contributed by atoms with E-state index in [9.17, 15) is 18.0 Å². The predicted octanol–water partition coefficient (Wildman–Crippen LogP) is 1.21. The quantitative estimate of drug-likeness (QED) is 0.737. The lowest BCUT2D eigenvalue weighted by molar-refractivity contribution is -0.184. The Morgan fingerprint density at radius 1 is 1.37 bits per heavy atom. The molecule has 1 unspecified atom stereocenters. The third-order valence-electron chi connectivity index (χ3n) is 4.24. The first-order valence-corrected chi connectivity index (χ1v) is 8.58. The number of amides is 1. The number of rotatable bonds is 7. The summed E-state index contributed by atoms with van der Waals surface area (Å²) in [5.74, 6) is 0.396. The summed E-state index contributed by atoms with van der Waals surface area (Å²) in [4.78, 5) is 17.4. The molecule has 1 aliphatic rings. The van der Waals surface area contributed by atoms with Crippen molar-refractivity contribution in [3.05, 3.63) is 24.3 Å². The number of furan rings is 1. The van der Waals surface area contributed by atoms with Crippen molar-refractivity contribution in [3.63, 3.8) is 0 Å². The lowest BCUT2D eigenvalue weighted by atomic mass is 10.2. The molecule has 3 heterocycles. The molecule has 27 heavy (non-hydrogen) atoms. The molecule has 0 saturated carbocycles. The Morgan fingerprint density at radius 3 is 2.81 bits per heavy atom. The number of hydrogen-bond donors (Lipinski definition) is 2. The van der Waals surface area contributed by atoms with Gasteiger partial charge < -0.3 is 19.6 Å². The summed E-state index contributed by atoms with van der Waals surface area (Å²) >= 11 is 0. The van der Waals surface area contributed by atoms with Gasteiger partial charge in [-0.15, -0.1) is 0 Å². The molecule has 0 aromatic carbocycles. The first kappa shape index (κ1) is 19.4. The van der Waals surface area contributed by atoms with Gasteiger partial charge in [0.25, 0.3) is 0 Å². The van der Waals surface area contributed by atoms with Crippen LogP contribution in [0.15, 0.2) is 27.3 Å². The highest BCUT2D eigenvalue weighted by atomic mass is 19.4. The number of carbonyl (C=O) groups excluding carboxylic acids is 1. The molecule has 0 aliphatic carbocycles. The van der Waals surface area contributed by atoms with Crippen LogP contribution in [-0.2, 0) is 11.2 Å². The SMILES string of the molecule is O=C(CCc1nc(-c2ccco2)no1)NCC(N1CCNCC1)C(F)(F)F. The average Bonchev–Trinajstić information content (AvgIpc) is 3.31. The summed E-state index contributed by atoms with van der Waals surface area (Å²) in [6.45, 7) is 1.09. The summed E-state index contributed by atoms with van der Waals surface area (Å²) in [5.41, 5.74) is 0. The van der Waals surface area contributed by atoms with Crippen LogP contribution >= 0.6 is 0 Å². The van der Waals surface area contributed by atoms with E-state index in [-0.39, 0.29) is 37.6 Å². The molecular weight excluding hydrogens is 367 g/mol. The van der Waals surface area contributed by atoms with E-state index in [0.29, 0.717) is 18.8 Å². The van der Waals surface area contributed by atoms with Crippen molar-refractivity contribution in [2.45, 2.75) is 25.1 Å². The van der Waals surface area contributed by atoms with E-state index < -0.39 is 24.7 Å². The highest BCUT2D eigenvalue weighted by Gasteiger charge is 2.43. The first-order valence-electron chi connectivity index (χ1n) is 8.58. The molecule has 2 aromatic heterocycles. The first-order chi connectivity index (χ1) is 12.9. The lowest BCUT2D eigenvalue weighted by Crippen LogP contribution is -2.57. The fraction of sp³-hybridized carbons (Fsp3) is 0.562. The molecule has 2 aromatic rings. The third-order valence-corrected chi connectivity index (χ3v) is 4.24. The van der Waals surface area contributed by atoms with Crippen LogP contribution in [0.5, 0.6) is 0 Å². The molecule has 0 spiro atoms. The summed E-state index contributed by atoms with van der Waals surface area (Å²) in [7, 11) is 0. The highest BCUT2D eigenvalue weighted by Crippen LogP contribution is 2.24. The zero-order valence-corrected chi connectivity index (χ0v) is 14.5. The van der Waals surface area contributed by atoms with Crippen LogP contribution in [0.4, 0.5) is 13.2 Å². The summed E-state index contributed by atoms with van der Waals surface area (Å²) in [6, 6.07) is 1.64. The minimum atomic E-state index is -4.41. The van der Waals surface area contributed by atoms with E-state index in [1.807, 2.05) is 0 Å². The molecule has 0 radical (unpaired) electrons. The molecule has 1 saturated heterocycles. The van der Waals surface area contributed by atoms with E-state index in [1.54, 1.807) is 12.1 Å². The van der Waals surface area contributed by atoms with E-state index in [4.69, 9.17) is 8.94 Å². The van der Waals surface area contributed by atoms with Gasteiger partial charge in [-0.05, 0) is 12.1 Å². The van der Waals surface area contributed by atoms with E-state index in [0.717, 1.165) is 0 Å². The lowest BCUT2D eigenvalue weighted by Gasteiger charge is -2.35. The van der Waals surface area contributed by atoms with Crippen molar-refractivity contribution in [2.75, 3.05) is 32.7 Å². The Labute approximate surface area is 153 Å². The topological polar surface area (TPSA) is 96.4 Å². The predicted molar refractivity (Wildman–Crippen MR) is 87.6 cm³/mol. The molecule has 1 aliphatic heterocycles. The Balaban J connectivity index is 1.48. The standard InChI is InChI=1S/C16H20F3N5O3/c17-16(18,19)12(24-7-5-20-6-8-24)10-21-13(25)3-4-14-22-15(23-27-14)11-2-1-9-26-11/h1-2,9,12,20H,3-8,10H2,(H,21,25). The summed E-state index contributed by atoms with van der Waals surface area (Å²) < 4.78 is 50.0. The van der Waals surface area contributed by atoms with E-state index in [1.165, 1.54) is 11.2 Å². The molecule has 11 heteroatoms. The molecule has 8 nitrogen and oxygen atoms in total. The number of halogens is 3. The van der Waals surface area contributed by atoms with Gasteiger partial charge in [0, 0.05) is 45.6 Å².